The van der Waals surface area contributed by atoms with E-state index in [0.717, 1.165) is 17.3 Å². The van der Waals surface area contributed by atoms with Gasteiger partial charge in [-0.1, -0.05) is 22.0 Å². The Morgan fingerprint density at radius 1 is 1.30 bits per heavy atom. The molecule has 1 aromatic rings. The summed E-state index contributed by atoms with van der Waals surface area (Å²) in [5.74, 6) is -0.253. The van der Waals surface area contributed by atoms with Crippen molar-refractivity contribution in [2.24, 2.45) is 0 Å². The average Bonchev–Trinajstić information content (AvgIpc) is 2.97. The Morgan fingerprint density at radius 3 is 2.80 bits per heavy atom. The van der Waals surface area contributed by atoms with Gasteiger partial charge in [-0.25, -0.2) is 0 Å². The molecule has 108 valence electrons. The van der Waals surface area contributed by atoms with Crippen LogP contribution in [0.5, 0.6) is 0 Å². The lowest BCUT2D eigenvalue weighted by Gasteiger charge is -2.11. The summed E-state index contributed by atoms with van der Waals surface area (Å²) in [6.07, 6.45) is 1.38. The first-order chi connectivity index (χ1) is 9.66. The fraction of sp³-hybridized carbons (Fsp3) is 0.429. The molecule has 1 aromatic carbocycles. The molecule has 5 nitrogen and oxygen atoms in total. The Labute approximate surface area is 126 Å². The summed E-state index contributed by atoms with van der Waals surface area (Å²) in [4.78, 5) is 23.5. The van der Waals surface area contributed by atoms with Crippen molar-refractivity contribution in [3.63, 3.8) is 0 Å². The van der Waals surface area contributed by atoms with Crippen LogP contribution in [-0.2, 0) is 9.53 Å². The van der Waals surface area contributed by atoms with Crippen LogP contribution in [0.25, 0.3) is 0 Å². The van der Waals surface area contributed by atoms with E-state index in [1.54, 1.807) is 18.2 Å². The molecular formula is C14H17BrN2O3. The molecule has 0 saturated carbocycles. The number of hydrogen-bond acceptors (Lipinski definition) is 3. The van der Waals surface area contributed by atoms with Gasteiger partial charge in [-0.3, -0.25) is 9.59 Å². The number of carbonyl (C=O) groups is 2. The summed E-state index contributed by atoms with van der Waals surface area (Å²) < 4.78 is 6.13. The van der Waals surface area contributed by atoms with Crippen molar-refractivity contribution in [1.29, 1.82) is 0 Å². The molecule has 0 spiro atoms. The molecule has 1 aliphatic heterocycles. The highest BCUT2D eigenvalue weighted by atomic mass is 79.9. The monoisotopic (exact) mass is 340 g/mol. The zero-order valence-corrected chi connectivity index (χ0v) is 12.6. The van der Waals surface area contributed by atoms with E-state index in [1.165, 1.54) is 0 Å². The summed E-state index contributed by atoms with van der Waals surface area (Å²) >= 11 is 3.32. The molecule has 0 bridgehead atoms. The topological polar surface area (TPSA) is 67.4 Å². The molecular weight excluding hydrogens is 324 g/mol. The van der Waals surface area contributed by atoms with E-state index in [0.29, 0.717) is 25.3 Å². The summed E-state index contributed by atoms with van der Waals surface area (Å²) in [7, 11) is 0. The first-order valence-corrected chi connectivity index (χ1v) is 7.39. The SMILES string of the molecule is O=C(NCCNC(=O)[C@@H]1CCCO1)c1cccc(Br)c1. The summed E-state index contributed by atoms with van der Waals surface area (Å²) in [5, 5.41) is 5.51. The molecule has 0 unspecified atom stereocenters. The third-order valence-electron chi connectivity index (χ3n) is 3.02. The van der Waals surface area contributed by atoms with E-state index in [-0.39, 0.29) is 17.9 Å². The molecule has 6 heteroatoms. The first kappa shape index (κ1) is 15.0. The van der Waals surface area contributed by atoms with E-state index in [4.69, 9.17) is 4.74 Å². The van der Waals surface area contributed by atoms with Crippen molar-refractivity contribution in [1.82, 2.24) is 10.6 Å². The van der Waals surface area contributed by atoms with Crippen molar-refractivity contribution in [2.75, 3.05) is 19.7 Å². The first-order valence-electron chi connectivity index (χ1n) is 6.60. The van der Waals surface area contributed by atoms with Crippen molar-refractivity contribution < 1.29 is 14.3 Å². The minimum Gasteiger partial charge on any atom is -0.368 e. The largest absolute Gasteiger partial charge is 0.368 e. The molecule has 0 aliphatic carbocycles. The highest BCUT2D eigenvalue weighted by molar-refractivity contribution is 9.10. The highest BCUT2D eigenvalue weighted by Crippen LogP contribution is 2.12. The van der Waals surface area contributed by atoms with Gasteiger partial charge in [0.2, 0.25) is 5.91 Å². The lowest BCUT2D eigenvalue weighted by atomic mass is 10.2. The van der Waals surface area contributed by atoms with Gasteiger partial charge in [0.05, 0.1) is 0 Å². The molecule has 0 radical (unpaired) electrons. The predicted octanol–water partition coefficient (Wildman–Crippen LogP) is 1.47. The summed E-state index contributed by atoms with van der Waals surface area (Å²) in [6.45, 7) is 1.44. The van der Waals surface area contributed by atoms with Crippen molar-refractivity contribution >= 4 is 27.7 Å². The highest BCUT2D eigenvalue weighted by Gasteiger charge is 2.22. The zero-order valence-electron chi connectivity index (χ0n) is 11.0. The Bertz CT molecular complexity index is 487. The maximum absolute atomic E-state index is 11.8. The van der Waals surface area contributed by atoms with E-state index in [2.05, 4.69) is 26.6 Å². The van der Waals surface area contributed by atoms with Gasteiger partial charge in [0.15, 0.2) is 0 Å². The van der Waals surface area contributed by atoms with Crippen LogP contribution in [0.15, 0.2) is 28.7 Å². The number of ether oxygens (including phenoxy) is 1. The second-order valence-corrected chi connectivity index (χ2v) is 5.47. The van der Waals surface area contributed by atoms with Crippen LogP contribution in [0.4, 0.5) is 0 Å². The number of rotatable bonds is 5. The fourth-order valence-corrected chi connectivity index (χ4v) is 2.39. The fourth-order valence-electron chi connectivity index (χ4n) is 1.99. The van der Waals surface area contributed by atoms with Crippen LogP contribution in [0.2, 0.25) is 0 Å². The Morgan fingerprint density at radius 2 is 2.10 bits per heavy atom. The quantitative estimate of drug-likeness (QED) is 0.797. The number of carbonyl (C=O) groups excluding carboxylic acids is 2. The third-order valence-corrected chi connectivity index (χ3v) is 3.51. The molecule has 1 aliphatic rings. The van der Waals surface area contributed by atoms with E-state index in [9.17, 15) is 9.59 Å². The smallest absolute Gasteiger partial charge is 0.251 e. The third kappa shape index (κ3) is 4.31. The lowest BCUT2D eigenvalue weighted by molar-refractivity contribution is -0.129. The van der Waals surface area contributed by atoms with Crippen LogP contribution in [-0.4, -0.2) is 37.6 Å². The van der Waals surface area contributed by atoms with Crippen molar-refractivity contribution in [2.45, 2.75) is 18.9 Å². The second kappa shape index (κ2) is 7.40. The van der Waals surface area contributed by atoms with Gasteiger partial charge in [0.1, 0.15) is 6.10 Å². The number of benzene rings is 1. The van der Waals surface area contributed by atoms with Crippen LogP contribution >= 0.6 is 15.9 Å². The molecule has 2 amide bonds. The Balaban J connectivity index is 1.68. The van der Waals surface area contributed by atoms with Gasteiger partial charge in [-0.05, 0) is 31.0 Å². The van der Waals surface area contributed by atoms with Crippen molar-refractivity contribution in [3.05, 3.63) is 34.3 Å². The van der Waals surface area contributed by atoms with Gasteiger partial charge in [0, 0.05) is 29.7 Å². The van der Waals surface area contributed by atoms with E-state index < -0.39 is 0 Å². The number of hydrogen-bond donors (Lipinski definition) is 2. The van der Waals surface area contributed by atoms with Gasteiger partial charge >= 0.3 is 0 Å². The van der Waals surface area contributed by atoms with Crippen LogP contribution in [0.1, 0.15) is 23.2 Å². The van der Waals surface area contributed by atoms with E-state index in [1.807, 2.05) is 6.07 Å². The molecule has 20 heavy (non-hydrogen) atoms. The van der Waals surface area contributed by atoms with Gasteiger partial charge in [-0.15, -0.1) is 0 Å². The lowest BCUT2D eigenvalue weighted by Crippen LogP contribution is -2.39. The molecule has 1 atom stereocenters. The minimum atomic E-state index is -0.323. The van der Waals surface area contributed by atoms with Crippen molar-refractivity contribution in [3.8, 4) is 0 Å². The van der Waals surface area contributed by atoms with Gasteiger partial charge < -0.3 is 15.4 Å². The second-order valence-electron chi connectivity index (χ2n) is 4.56. The molecule has 0 aromatic heterocycles. The number of amides is 2. The summed E-state index contributed by atoms with van der Waals surface area (Å²) in [6, 6.07) is 7.15. The van der Waals surface area contributed by atoms with Crippen LogP contribution in [0, 0.1) is 0 Å². The average molecular weight is 341 g/mol. The maximum Gasteiger partial charge on any atom is 0.251 e. The molecule has 2 rings (SSSR count). The predicted molar refractivity (Wildman–Crippen MR) is 78.5 cm³/mol. The molecule has 1 heterocycles. The van der Waals surface area contributed by atoms with Crippen LogP contribution in [0.3, 0.4) is 0 Å². The number of halogens is 1. The standard InChI is InChI=1S/C14H17BrN2O3/c15-11-4-1-3-10(9-11)13(18)16-6-7-17-14(19)12-5-2-8-20-12/h1,3-4,9,12H,2,5-8H2,(H,16,18)(H,17,19)/t12-/m0/s1. The number of nitrogens with one attached hydrogen (secondary N) is 2. The normalized spacial score (nSPS) is 17.8. The van der Waals surface area contributed by atoms with Crippen LogP contribution < -0.4 is 10.6 Å². The Hall–Kier alpha value is -1.40. The van der Waals surface area contributed by atoms with Gasteiger partial charge in [0.25, 0.3) is 5.91 Å². The maximum atomic E-state index is 11.8. The minimum absolute atomic E-state index is 0.0980. The van der Waals surface area contributed by atoms with E-state index >= 15 is 0 Å². The Kier molecular flexibility index (Phi) is 5.55. The molecule has 2 N–H and O–H groups in total. The van der Waals surface area contributed by atoms with Gasteiger partial charge in [-0.2, -0.15) is 0 Å². The zero-order chi connectivity index (χ0) is 14.4. The summed E-state index contributed by atoms with van der Waals surface area (Å²) in [5.41, 5.74) is 0.588. The molecule has 1 fully saturated rings. The molecule has 1 saturated heterocycles.